The van der Waals surface area contributed by atoms with Crippen LogP contribution >= 0.6 is 0 Å². The van der Waals surface area contributed by atoms with Gasteiger partial charge in [0.15, 0.2) is 0 Å². The number of anilines is 3. The molecular weight excluding hydrogens is 390 g/mol. The first kappa shape index (κ1) is 20.7. The molecule has 1 N–H and O–H groups in total. The molecule has 1 fully saturated rings. The Balaban J connectivity index is 1.43. The zero-order valence-corrected chi connectivity index (χ0v) is 18.1. The molecule has 160 valence electrons. The van der Waals surface area contributed by atoms with Gasteiger partial charge in [-0.3, -0.25) is 4.79 Å². The highest BCUT2D eigenvalue weighted by atomic mass is 16.5. The van der Waals surface area contributed by atoms with Gasteiger partial charge in [0.25, 0.3) is 5.91 Å². The van der Waals surface area contributed by atoms with E-state index in [9.17, 15) is 4.79 Å². The van der Waals surface area contributed by atoms with Crippen LogP contribution in [-0.4, -0.2) is 54.1 Å². The maximum absolute atomic E-state index is 13.1. The minimum absolute atomic E-state index is 0.0321. The first-order chi connectivity index (χ1) is 15.0. The first-order valence-corrected chi connectivity index (χ1v) is 10.4. The van der Waals surface area contributed by atoms with Crippen molar-refractivity contribution >= 4 is 23.2 Å². The Hall–Kier alpha value is -3.61. The molecular formula is C24H27N5O2. The molecule has 0 spiro atoms. The summed E-state index contributed by atoms with van der Waals surface area (Å²) >= 11 is 0. The third-order valence-corrected chi connectivity index (χ3v) is 5.34. The minimum atomic E-state index is 0.0321. The molecule has 0 unspecified atom stereocenters. The lowest BCUT2D eigenvalue weighted by Crippen LogP contribution is -2.48. The van der Waals surface area contributed by atoms with E-state index in [1.54, 1.807) is 7.11 Å². The van der Waals surface area contributed by atoms with Crippen molar-refractivity contribution in [2.24, 2.45) is 0 Å². The molecule has 7 heteroatoms. The normalized spacial score (nSPS) is 13.8. The number of rotatable bonds is 5. The summed E-state index contributed by atoms with van der Waals surface area (Å²) in [6.45, 7) is 6.72. The summed E-state index contributed by atoms with van der Waals surface area (Å²) in [7, 11) is 1.68. The molecule has 1 aromatic heterocycles. The number of hydrogen-bond acceptors (Lipinski definition) is 6. The molecule has 4 rings (SSSR count). The summed E-state index contributed by atoms with van der Waals surface area (Å²) in [5.74, 6) is 1.42. The number of hydrogen-bond donors (Lipinski definition) is 1. The smallest absolute Gasteiger partial charge is 0.254 e. The number of nitrogens with one attached hydrogen (secondary N) is 1. The van der Waals surface area contributed by atoms with Crippen molar-refractivity contribution in [1.82, 2.24) is 14.9 Å². The topological polar surface area (TPSA) is 70.6 Å². The number of aromatic nitrogens is 2. The highest BCUT2D eigenvalue weighted by Crippen LogP contribution is 2.28. The van der Waals surface area contributed by atoms with Crippen LogP contribution in [0.5, 0.6) is 5.75 Å². The van der Waals surface area contributed by atoms with Crippen LogP contribution in [0.2, 0.25) is 0 Å². The number of para-hydroxylation sites is 2. The highest BCUT2D eigenvalue weighted by Gasteiger charge is 2.23. The van der Waals surface area contributed by atoms with Gasteiger partial charge in [-0.1, -0.05) is 18.2 Å². The number of amides is 1. The van der Waals surface area contributed by atoms with Gasteiger partial charge in [0, 0.05) is 48.8 Å². The van der Waals surface area contributed by atoms with E-state index in [0.29, 0.717) is 24.6 Å². The second kappa shape index (κ2) is 9.04. The van der Waals surface area contributed by atoms with Crippen molar-refractivity contribution in [1.29, 1.82) is 0 Å². The van der Waals surface area contributed by atoms with Gasteiger partial charge in [-0.25, -0.2) is 9.97 Å². The first-order valence-electron chi connectivity index (χ1n) is 10.4. The fraction of sp³-hybridized carbons (Fsp3) is 0.292. The summed E-state index contributed by atoms with van der Waals surface area (Å²) in [5.41, 5.74) is 4.31. The number of carbonyl (C=O) groups excluding carboxylic acids is 1. The lowest BCUT2D eigenvalue weighted by Gasteiger charge is -2.36. The van der Waals surface area contributed by atoms with Crippen molar-refractivity contribution in [2.75, 3.05) is 43.5 Å². The second-order valence-electron chi connectivity index (χ2n) is 7.63. The largest absolute Gasteiger partial charge is 0.495 e. The van der Waals surface area contributed by atoms with Crippen molar-refractivity contribution < 1.29 is 9.53 Å². The summed E-state index contributed by atoms with van der Waals surface area (Å²) in [6, 6.07) is 17.4. The van der Waals surface area contributed by atoms with Gasteiger partial charge in [-0.05, 0) is 50.2 Å². The number of ether oxygens (including phenoxy) is 1. The highest BCUT2D eigenvalue weighted by molar-refractivity contribution is 5.95. The fourth-order valence-electron chi connectivity index (χ4n) is 3.86. The van der Waals surface area contributed by atoms with Crippen LogP contribution in [0.4, 0.5) is 17.3 Å². The summed E-state index contributed by atoms with van der Waals surface area (Å²) in [4.78, 5) is 26.1. The third kappa shape index (κ3) is 4.77. The third-order valence-electron chi connectivity index (χ3n) is 5.34. The Morgan fingerprint density at radius 1 is 0.935 bits per heavy atom. The van der Waals surface area contributed by atoms with E-state index in [1.165, 1.54) is 0 Å². The molecule has 0 bridgehead atoms. The number of nitrogens with zero attached hydrogens (tertiary/aromatic N) is 4. The Morgan fingerprint density at radius 3 is 2.35 bits per heavy atom. The SMILES string of the molecule is COc1ccccc1N1CCN(C(=O)c2cccc(Nc3nc(C)cc(C)n3)c2)CC1. The number of piperazine rings is 1. The zero-order valence-electron chi connectivity index (χ0n) is 18.1. The summed E-state index contributed by atoms with van der Waals surface area (Å²) in [5, 5.41) is 3.21. The van der Waals surface area contributed by atoms with Crippen molar-refractivity contribution in [3.63, 3.8) is 0 Å². The van der Waals surface area contributed by atoms with Gasteiger partial charge < -0.3 is 19.9 Å². The number of methoxy groups -OCH3 is 1. The van der Waals surface area contributed by atoms with Gasteiger partial charge in [0.2, 0.25) is 5.95 Å². The van der Waals surface area contributed by atoms with Crippen molar-refractivity contribution in [3.8, 4) is 5.75 Å². The molecule has 1 aliphatic heterocycles. The molecule has 0 saturated carbocycles. The lowest BCUT2D eigenvalue weighted by molar-refractivity contribution is 0.0746. The van der Waals surface area contributed by atoms with Crippen LogP contribution in [-0.2, 0) is 0 Å². The fourth-order valence-corrected chi connectivity index (χ4v) is 3.86. The number of benzene rings is 2. The van der Waals surface area contributed by atoms with Crippen LogP contribution in [0.25, 0.3) is 0 Å². The number of carbonyl (C=O) groups is 1. The van der Waals surface area contributed by atoms with Crippen molar-refractivity contribution in [2.45, 2.75) is 13.8 Å². The molecule has 0 atom stereocenters. The average Bonchev–Trinajstić information content (AvgIpc) is 2.78. The molecule has 1 saturated heterocycles. The maximum atomic E-state index is 13.1. The summed E-state index contributed by atoms with van der Waals surface area (Å²) < 4.78 is 5.48. The Morgan fingerprint density at radius 2 is 1.65 bits per heavy atom. The molecule has 1 aliphatic rings. The Labute approximate surface area is 182 Å². The van der Waals surface area contributed by atoms with Crippen LogP contribution in [0.1, 0.15) is 21.7 Å². The molecule has 7 nitrogen and oxygen atoms in total. The zero-order chi connectivity index (χ0) is 21.8. The van der Waals surface area contributed by atoms with Crippen molar-refractivity contribution in [3.05, 3.63) is 71.5 Å². The van der Waals surface area contributed by atoms with Crippen LogP contribution in [0, 0.1) is 13.8 Å². The number of aryl methyl sites for hydroxylation is 2. The predicted octanol–water partition coefficient (Wildman–Crippen LogP) is 3.81. The lowest BCUT2D eigenvalue weighted by atomic mass is 10.1. The maximum Gasteiger partial charge on any atom is 0.254 e. The molecule has 31 heavy (non-hydrogen) atoms. The van der Waals surface area contributed by atoms with E-state index in [1.807, 2.05) is 67.3 Å². The molecule has 1 amide bonds. The summed E-state index contributed by atoms with van der Waals surface area (Å²) in [6.07, 6.45) is 0. The van der Waals surface area contributed by atoms with Gasteiger partial charge in [0.1, 0.15) is 5.75 Å². The molecule has 3 aromatic rings. The van der Waals surface area contributed by atoms with E-state index in [-0.39, 0.29) is 5.91 Å². The van der Waals surface area contributed by atoms with E-state index >= 15 is 0 Å². The van der Waals surface area contributed by atoms with E-state index in [4.69, 9.17) is 4.74 Å². The molecule has 2 aromatic carbocycles. The minimum Gasteiger partial charge on any atom is -0.495 e. The average molecular weight is 418 g/mol. The van der Waals surface area contributed by atoms with Gasteiger partial charge in [0.05, 0.1) is 12.8 Å². The van der Waals surface area contributed by atoms with Crippen LogP contribution in [0.15, 0.2) is 54.6 Å². The second-order valence-corrected chi connectivity index (χ2v) is 7.63. The molecule has 2 heterocycles. The predicted molar refractivity (Wildman–Crippen MR) is 122 cm³/mol. The Bertz CT molecular complexity index is 1060. The van der Waals surface area contributed by atoms with Gasteiger partial charge >= 0.3 is 0 Å². The van der Waals surface area contributed by atoms with Crippen LogP contribution < -0.4 is 15.0 Å². The monoisotopic (exact) mass is 417 g/mol. The van der Waals surface area contributed by atoms with E-state index < -0.39 is 0 Å². The van der Waals surface area contributed by atoms with Gasteiger partial charge in [-0.2, -0.15) is 0 Å². The quantitative estimate of drug-likeness (QED) is 0.681. The standard InChI is InChI=1S/C24H27N5O2/c1-17-15-18(2)26-24(25-17)27-20-8-6-7-19(16-20)23(30)29-13-11-28(12-14-29)21-9-4-5-10-22(21)31-3/h4-10,15-16H,11-14H2,1-3H3,(H,25,26,27). The molecule has 0 radical (unpaired) electrons. The van der Waals surface area contributed by atoms with E-state index in [0.717, 1.165) is 41.6 Å². The van der Waals surface area contributed by atoms with Gasteiger partial charge in [-0.15, -0.1) is 0 Å². The van der Waals surface area contributed by atoms with Crippen LogP contribution in [0.3, 0.4) is 0 Å². The van der Waals surface area contributed by atoms with E-state index in [2.05, 4.69) is 26.3 Å². The Kier molecular flexibility index (Phi) is 6.02. The molecule has 0 aliphatic carbocycles.